The number of carbonyl (C=O) groups is 1. The molecule has 1 heterocycles. The van der Waals surface area contributed by atoms with Gasteiger partial charge < -0.3 is 10.5 Å². The summed E-state index contributed by atoms with van der Waals surface area (Å²) in [7, 11) is 0. The fraction of sp³-hybridized carbons (Fsp3) is 0.667. The Kier molecular flexibility index (Phi) is 11.8. The van der Waals surface area contributed by atoms with E-state index in [1.165, 1.54) is 32.1 Å². The van der Waals surface area contributed by atoms with Gasteiger partial charge in [-0.05, 0) is 44.2 Å². The number of unbranched alkanes of at least 4 members (excludes halogenated alkanes) is 6. The Morgan fingerprint density at radius 3 is 2.35 bits per heavy atom. The number of pyridine rings is 1. The van der Waals surface area contributed by atoms with Crippen molar-refractivity contribution in [2.75, 3.05) is 18.5 Å². The van der Waals surface area contributed by atoms with Gasteiger partial charge in [0.15, 0.2) is 0 Å². The standard InChI is InChI=1S/C18H29BrN2O2/c19-11-6-2-4-8-14-23-13-7-3-1-5-9-17-15-16(18(20)22)10-12-21-17/h10,12,15H,1-9,11,13-14H2,(H2,20,22). The molecule has 0 radical (unpaired) electrons. The lowest BCUT2D eigenvalue weighted by molar-refractivity contribution is 0.1000. The number of hydrogen-bond acceptors (Lipinski definition) is 3. The lowest BCUT2D eigenvalue weighted by Gasteiger charge is -2.05. The Hall–Kier alpha value is -0.940. The SMILES string of the molecule is NC(=O)c1ccnc(CCCCCCOCCCCCCBr)c1. The molecule has 4 nitrogen and oxygen atoms in total. The molecule has 0 unspecified atom stereocenters. The molecular weight excluding hydrogens is 356 g/mol. The smallest absolute Gasteiger partial charge is 0.248 e. The lowest BCUT2D eigenvalue weighted by atomic mass is 10.1. The van der Waals surface area contributed by atoms with Crippen LogP contribution in [0.2, 0.25) is 0 Å². The summed E-state index contributed by atoms with van der Waals surface area (Å²) in [5.74, 6) is -0.391. The van der Waals surface area contributed by atoms with Crippen LogP contribution in [0.15, 0.2) is 18.3 Å². The van der Waals surface area contributed by atoms with Gasteiger partial charge >= 0.3 is 0 Å². The third-order valence-electron chi connectivity index (χ3n) is 3.74. The molecule has 0 aliphatic rings. The molecule has 0 spiro atoms. The van der Waals surface area contributed by atoms with Crippen molar-refractivity contribution in [2.24, 2.45) is 5.73 Å². The minimum atomic E-state index is -0.391. The van der Waals surface area contributed by atoms with Crippen molar-refractivity contribution in [3.8, 4) is 0 Å². The zero-order chi connectivity index (χ0) is 16.8. The van der Waals surface area contributed by atoms with Gasteiger partial charge in [0, 0.05) is 36.0 Å². The monoisotopic (exact) mass is 384 g/mol. The minimum Gasteiger partial charge on any atom is -0.381 e. The average molecular weight is 385 g/mol. The number of aromatic nitrogens is 1. The molecule has 0 aromatic carbocycles. The third-order valence-corrected chi connectivity index (χ3v) is 4.31. The van der Waals surface area contributed by atoms with E-state index in [0.717, 1.165) is 49.9 Å². The molecule has 1 rings (SSSR count). The Balaban J connectivity index is 1.93. The van der Waals surface area contributed by atoms with E-state index in [1.54, 1.807) is 18.3 Å². The number of alkyl halides is 1. The molecule has 0 aliphatic carbocycles. The summed E-state index contributed by atoms with van der Waals surface area (Å²) >= 11 is 3.44. The number of halogens is 1. The molecule has 23 heavy (non-hydrogen) atoms. The zero-order valence-corrected chi connectivity index (χ0v) is 15.5. The Morgan fingerprint density at radius 2 is 1.70 bits per heavy atom. The van der Waals surface area contributed by atoms with Crippen LogP contribution in [0.3, 0.4) is 0 Å². The lowest BCUT2D eigenvalue weighted by Crippen LogP contribution is -2.11. The van der Waals surface area contributed by atoms with Gasteiger partial charge in [0.2, 0.25) is 5.91 Å². The summed E-state index contributed by atoms with van der Waals surface area (Å²) in [4.78, 5) is 15.4. The van der Waals surface area contributed by atoms with E-state index >= 15 is 0 Å². The Bertz CT molecular complexity index is 441. The van der Waals surface area contributed by atoms with Crippen LogP contribution in [-0.2, 0) is 11.2 Å². The normalized spacial score (nSPS) is 10.8. The van der Waals surface area contributed by atoms with E-state index in [-0.39, 0.29) is 0 Å². The second-order valence-electron chi connectivity index (χ2n) is 5.78. The van der Waals surface area contributed by atoms with E-state index in [4.69, 9.17) is 10.5 Å². The summed E-state index contributed by atoms with van der Waals surface area (Å²) in [6, 6.07) is 3.45. The molecule has 1 aromatic heterocycles. The van der Waals surface area contributed by atoms with Crippen LogP contribution in [0.1, 0.15) is 67.4 Å². The number of nitrogens with two attached hydrogens (primary N) is 1. The highest BCUT2D eigenvalue weighted by Crippen LogP contribution is 2.08. The quantitative estimate of drug-likeness (QED) is 0.385. The summed E-state index contributed by atoms with van der Waals surface area (Å²) < 4.78 is 5.65. The molecule has 2 N–H and O–H groups in total. The van der Waals surface area contributed by atoms with Crippen LogP contribution < -0.4 is 5.73 Å². The third kappa shape index (κ3) is 10.4. The largest absolute Gasteiger partial charge is 0.381 e. The first-order valence-electron chi connectivity index (χ1n) is 8.62. The predicted molar refractivity (Wildman–Crippen MR) is 98.0 cm³/mol. The van der Waals surface area contributed by atoms with Gasteiger partial charge in [0.1, 0.15) is 0 Å². The molecule has 0 saturated carbocycles. The number of hydrogen-bond donors (Lipinski definition) is 1. The maximum Gasteiger partial charge on any atom is 0.248 e. The first-order chi connectivity index (χ1) is 11.2. The van der Waals surface area contributed by atoms with Gasteiger partial charge in [-0.15, -0.1) is 0 Å². The zero-order valence-electron chi connectivity index (χ0n) is 13.9. The van der Waals surface area contributed by atoms with Crippen molar-refractivity contribution in [1.29, 1.82) is 0 Å². The van der Waals surface area contributed by atoms with E-state index in [9.17, 15) is 4.79 Å². The molecule has 1 amide bonds. The fourth-order valence-electron chi connectivity index (χ4n) is 2.39. The highest BCUT2D eigenvalue weighted by Gasteiger charge is 2.02. The van der Waals surface area contributed by atoms with Crippen molar-refractivity contribution in [3.63, 3.8) is 0 Å². The van der Waals surface area contributed by atoms with Gasteiger partial charge in [-0.2, -0.15) is 0 Å². The van der Waals surface area contributed by atoms with Crippen LogP contribution in [0.25, 0.3) is 0 Å². The van der Waals surface area contributed by atoms with Crippen molar-refractivity contribution in [3.05, 3.63) is 29.6 Å². The highest BCUT2D eigenvalue weighted by molar-refractivity contribution is 9.09. The van der Waals surface area contributed by atoms with Gasteiger partial charge in [-0.3, -0.25) is 9.78 Å². The number of primary amides is 1. The number of carbonyl (C=O) groups excluding carboxylic acids is 1. The van der Waals surface area contributed by atoms with Crippen LogP contribution in [0.4, 0.5) is 0 Å². The summed E-state index contributed by atoms with van der Waals surface area (Å²) in [5.41, 5.74) is 6.75. The Labute approximate surface area is 148 Å². The van der Waals surface area contributed by atoms with Crippen LogP contribution >= 0.6 is 15.9 Å². The van der Waals surface area contributed by atoms with E-state index in [1.807, 2.05) is 0 Å². The van der Waals surface area contributed by atoms with Gasteiger partial charge in [0.25, 0.3) is 0 Å². The maximum atomic E-state index is 11.1. The molecule has 130 valence electrons. The van der Waals surface area contributed by atoms with Crippen LogP contribution in [-0.4, -0.2) is 29.4 Å². The summed E-state index contributed by atoms with van der Waals surface area (Å²) in [6.45, 7) is 1.76. The van der Waals surface area contributed by atoms with Crippen molar-refractivity contribution in [2.45, 2.75) is 57.8 Å². The molecule has 0 atom stereocenters. The number of amides is 1. The second-order valence-corrected chi connectivity index (χ2v) is 6.57. The Morgan fingerprint density at radius 1 is 1.04 bits per heavy atom. The van der Waals surface area contributed by atoms with Gasteiger partial charge in [-0.1, -0.05) is 41.6 Å². The average Bonchev–Trinajstić information content (AvgIpc) is 2.56. The van der Waals surface area contributed by atoms with Crippen molar-refractivity contribution < 1.29 is 9.53 Å². The number of nitrogens with zero attached hydrogens (tertiary/aromatic N) is 1. The van der Waals surface area contributed by atoms with Crippen LogP contribution in [0, 0.1) is 0 Å². The first kappa shape index (κ1) is 20.1. The molecule has 0 bridgehead atoms. The van der Waals surface area contributed by atoms with Gasteiger partial charge in [0.05, 0.1) is 0 Å². The molecule has 0 aliphatic heterocycles. The summed E-state index contributed by atoms with van der Waals surface area (Å²) in [5, 5.41) is 1.11. The number of ether oxygens (including phenoxy) is 1. The van der Waals surface area contributed by atoms with Crippen LogP contribution in [0.5, 0.6) is 0 Å². The number of rotatable bonds is 14. The second kappa shape index (κ2) is 13.5. The highest BCUT2D eigenvalue weighted by atomic mass is 79.9. The fourth-order valence-corrected chi connectivity index (χ4v) is 2.78. The molecule has 5 heteroatoms. The summed E-state index contributed by atoms with van der Waals surface area (Å²) in [6.07, 6.45) is 12.1. The predicted octanol–water partition coefficient (Wildman–Crippen LogP) is 4.26. The molecule has 0 fully saturated rings. The molecule has 1 aromatic rings. The van der Waals surface area contributed by atoms with Gasteiger partial charge in [-0.25, -0.2) is 0 Å². The van der Waals surface area contributed by atoms with E-state index in [2.05, 4.69) is 20.9 Å². The first-order valence-corrected chi connectivity index (χ1v) is 9.74. The van der Waals surface area contributed by atoms with E-state index in [0.29, 0.717) is 5.56 Å². The van der Waals surface area contributed by atoms with Crippen molar-refractivity contribution >= 4 is 21.8 Å². The maximum absolute atomic E-state index is 11.1. The topological polar surface area (TPSA) is 65.2 Å². The minimum absolute atomic E-state index is 0.391. The number of aryl methyl sites for hydroxylation is 1. The van der Waals surface area contributed by atoms with E-state index < -0.39 is 5.91 Å². The molecule has 0 saturated heterocycles. The molecular formula is C18H29BrN2O2. The van der Waals surface area contributed by atoms with Crippen molar-refractivity contribution in [1.82, 2.24) is 4.98 Å².